The second-order valence-electron chi connectivity index (χ2n) is 10.9. The van der Waals surface area contributed by atoms with E-state index in [0.29, 0.717) is 28.9 Å². The molecule has 3 aromatic rings. The molecule has 2 aliphatic rings. The lowest BCUT2D eigenvalue weighted by molar-refractivity contribution is 0.0920. The fourth-order valence-electron chi connectivity index (χ4n) is 5.74. The van der Waals surface area contributed by atoms with Crippen molar-refractivity contribution in [2.45, 2.75) is 57.9 Å². The van der Waals surface area contributed by atoms with Gasteiger partial charge in [-0.15, -0.1) is 0 Å². The molecule has 9 heteroatoms. The molecule has 39 heavy (non-hydrogen) atoms. The van der Waals surface area contributed by atoms with E-state index >= 15 is 0 Å². The molecule has 1 amide bonds. The number of fused-ring (bicyclic) bond motifs is 1. The summed E-state index contributed by atoms with van der Waals surface area (Å²) in [7, 11) is -3.52. The molecule has 0 spiro atoms. The fourth-order valence-corrected chi connectivity index (χ4v) is 6.19. The number of carbonyl (C=O) groups is 1. The van der Waals surface area contributed by atoms with Crippen LogP contribution >= 0.6 is 0 Å². The minimum atomic E-state index is -3.52. The van der Waals surface area contributed by atoms with Crippen LogP contribution in [0.3, 0.4) is 0 Å². The zero-order valence-electron chi connectivity index (χ0n) is 22.7. The fraction of sp³-hybridized carbons (Fsp3) is 0.467. The molecule has 1 aliphatic carbocycles. The maximum Gasteiger partial charge on any atom is 0.306 e. The molecule has 1 saturated carbocycles. The molecule has 1 N–H and O–H groups in total. The molecule has 0 atom stereocenters. The Morgan fingerprint density at radius 1 is 1.08 bits per heavy atom. The monoisotopic (exact) mass is 551 g/mol. The summed E-state index contributed by atoms with van der Waals surface area (Å²) in [5.74, 6) is 2.31. The van der Waals surface area contributed by atoms with Crippen LogP contribution in [0.25, 0.3) is 11.3 Å². The van der Waals surface area contributed by atoms with Crippen molar-refractivity contribution in [3.05, 3.63) is 71.2 Å². The van der Waals surface area contributed by atoms with Crippen molar-refractivity contribution in [2.24, 2.45) is 5.92 Å². The van der Waals surface area contributed by atoms with Crippen LogP contribution in [0.4, 0.5) is 0 Å². The number of nitrogens with one attached hydrogen (secondary N) is 1. The number of benzene rings is 2. The lowest BCUT2D eigenvalue weighted by atomic mass is 9.84. The van der Waals surface area contributed by atoms with Crippen LogP contribution in [0, 0.1) is 12.8 Å². The number of aromatic nitrogens is 1. The first-order chi connectivity index (χ1) is 18.7. The summed E-state index contributed by atoms with van der Waals surface area (Å²) in [6.45, 7) is 4.85. The molecule has 2 heterocycles. The predicted octanol–water partition coefficient (Wildman–Crippen LogP) is 4.77. The number of aryl methyl sites for hydroxylation is 1. The van der Waals surface area contributed by atoms with Crippen molar-refractivity contribution in [1.82, 2.24) is 15.2 Å². The Kier molecular flexibility index (Phi) is 8.37. The van der Waals surface area contributed by atoms with Gasteiger partial charge in [0.1, 0.15) is 5.75 Å². The highest BCUT2D eigenvalue weighted by Crippen LogP contribution is 2.29. The number of oxazole rings is 1. The molecule has 1 aromatic heterocycles. The number of amides is 1. The smallest absolute Gasteiger partial charge is 0.306 e. The molecular weight excluding hydrogens is 514 g/mol. The summed E-state index contributed by atoms with van der Waals surface area (Å²) in [5, 5.41) is 3.24. The van der Waals surface area contributed by atoms with E-state index in [9.17, 15) is 13.2 Å². The number of rotatable bonds is 8. The molecule has 0 bridgehead atoms. The van der Waals surface area contributed by atoms with Gasteiger partial charge in [0.25, 0.3) is 5.91 Å². The first-order valence-corrected chi connectivity index (χ1v) is 15.6. The number of hydrogen-bond donors (Lipinski definition) is 1. The summed E-state index contributed by atoms with van der Waals surface area (Å²) in [5.41, 5.74) is 3.94. The Hall–Kier alpha value is -3.17. The normalized spacial score (nSPS) is 20.2. The Labute approximate surface area is 230 Å². The third kappa shape index (κ3) is 7.48. The Balaban J connectivity index is 1.06. The zero-order valence-corrected chi connectivity index (χ0v) is 23.5. The molecule has 0 saturated heterocycles. The van der Waals surface area contributed by atoms with Crippen LogP contribution in [0.1, 0.15) is 59.5 Å². The van der Waals surface area contributed by atoms with Gasteiger partial charge in [-0.05, 0) is 92.8 Å². The second-order valence-corrected chi connectivity index (χ2v) is 12.4. The maximum absolute atomic E-state index is 12.9. The van der Waals surface area contributed by atoms with E-state index in [2.05, 4.69) is 15.2 Å². The lowest BCUT2D eigenvalue weighted by Crippen LogP contribution is -2.38. The largest absolute Gasteiger partial charge is 0.441 e. The molecule has 8 nitrogen and oxygen atoms in total. The molecule has 0 radical (unpaired) electrons. The average Bonchev–Trinajstić information content (AvgIpc) is 3.24. The highest BCUT2D eigenvalue weighted by Gasteiger charge is 2.24. The van der Waals surface area contributed by atoms with Crippen LogP contribution in [-0.2, 0) is 23.0 Å². The maximum atomic E-state index is 12.9. The van der Waals surface area contributed by atoms with Gasteiger partial charge < -0.3 is 18.8 Å². The van der Waals surface area contributed by atoms with Gasteiger partial charge >= 0.3 is 10.1 Å². The van der Waals surface area contributed by atoms with Gasteiger partial charge in [0.05, 0.1) is 12.5 Å². The quantitative estimate of drug-likeness (QED) is 0.403. The molecular formula is C30H37N3O5S. The minimum absolute atomic E-state index is 0.0363. The first-order valence-electron chi connectivity index (χ1n) is 13.8. The van der Waals surface area contributed by atoms with Crippen molar-refractivity contribution in [3.8, 4) is 17.1 Å². The highest BCUT2D eigenvalue weighted by molar-refractivity contribution is 7.86. The minimum Gasteiger partial charge on any atom is -0.441 e. The third-order valence-corrected chi connectivity index (χ3v) is 8.38. The molecule has 2 aromatic carbocycles. The van der Waals surface area contributed by atoms with Crippen molar-refractivity contribution in [3.63, 3.8) is 0 Å². The van der Waals surface area contributed by atoms with Gasteiger partial charge in [0, 0.05) is 37.2 Å². The van der Waals surface area contributed by atoms with Gasteiger partial charge in [-0.2, -0.15) is 8.42 Å². The number of hydrogen-bond acceptors (Lipinski definition) is 7. The van der Waals surface area contributed by atoms with Crippen LogP contribution in [0.2, 0.25) is 0 Å². The van der Waals surface area contributed by atoms with E-state index in [1.54, 1.807) is 19.2 Å². The van der Waals surface area contributed by atoms with E-state index in [-0.39, 0.29) is 11.9 Å². The standard InChI is InChI=1S/C30H37N3O5S/c1-21-31-20-29(37-21)25-4-3-5-26(18-25)30(34)32-27-9-6-22(7-10-27)12-15-33-16-13-23-8-11-28(38-39(2,35)36)19-24(23)14-17-33/h3-5,8,11,18-20,22,27H,6-7,9-10,12-17H2,1-2H3,(H,32,34). The molecule has 208 valence electrons. The topological polar surface area (TPSA) is 102 Å². The number of nitrogens with zero attached hydrogens (tertiary/aromatic N) is 2. The summed E-state index contributed by atoms with van der Waals surface area (Å²) >= 11 is 0. The average molecular weight is 552 g/mol. The van der Waals surface area contributed by atoms with Crippen LogP contribution in [0.15, 0.2) is 53.1 Å². The Morgan fingerprint density at radius 2 is 1.85 bits per heavy atom. The van der Waals surface area contributed by atoms with Crippen LogP contribution in [0.5, 0.6) is 5.75 Å². The van der Waals surface area contributed by atoms with Gasteiger partial charge in [0.2, 0.25) is 0 Å². The van der Waals surface area contributed by atoms with E-state index in [4.69, 9.17) is 8.60 Å². The van der Waals surface area contributed by atoms with Gasteiger partial charge in [-0.3, -0.25) is 4.79 Å². The molecule has 0 unspecified atom stereocenters. The second kappa shape index (κ2) is 11.9. The van der Waals surface area contributed by atoms with Gasteiger partial charge in [0.15, 0.2) is 11.7 Å². The highest BCUT2D eigenvalue weighted by atomic mass is 32.2. The van der Waals surface area contributed by atoms with E-state index < -0.39 is 10.1 Å². The predicted molar refractivity (Wildman–Crippen MR) is 150 cm³/mol. The van der Waals surface area contributed by atoms with Gasteiger partial charge in [-0.1, -0.05) is 18.2 Å². The Bertz CT molecular complexity index is 1410. The SMILES string of the molecule is Cc1ncc(-c2cccc(C(=O)NC3CCC(CCN4CCc5ccc(OS(C)(=O)=O)cc5CC4)CC3)c2)o1. The third-order valence-electron chi connectivity index (χ3n) is 7.89. The Morgan fingerprint density at radius 3 is 2.56 bits per heavy atom. The van der Waals surface area contributed by atoms with Crippen molar-refractivity contribution < 1.29 is 21.8 Å². The summed E-state index contributed by atoms with van der Waals surface area (Å²) in [6, 6.07) is 13.3. The van der Waals surface area contributed by atoms with Crippen molar-refractivity contribution in [2.75, 3.05) is 25.9 Å². The zero-order chi connectivity index (χ0) is 27.4. The molecule has 1 aliphatic heterocycles. The number of carbonyl (C=O) groups excluding carboxylic acids is 1. The van der Waals surface area contributed by atoms with E-state index in [1.165, 1.54) is 11.1 Å². The molecule has 1 fully saturated rings. The first kappa shape index (κ1) is 27.4. The summed E-state index contributed by atoms with van der Waals surface area (Å²) in [6.07, 6.45) is 10.0. The van der Waals surface area contributed by atoms with Crippen molar-refractivity contribution >= 4 is 16.0 Å². The summed E-state index contributed by atoms with van der Waals surface area (Å²) < 4.78 is 33.6. The molecule has 5 rings (SSSR count). The van der Waals surface area contributed by atoms with Crippen molar-refractivity contribution in [1.29, 1.82) is 0 Å². The van der Waals surface area contributed by atoms with E-state index in [0.717, 1.165) is 76.4 Å². The van der Waals surface area contributed by atoms with Crippen LogP contribution < -0.4 is 9.50 Å². The van der Waals surface area contributed by atoms with Gasteiger partial charge in [-0.25, -0.2) is 4.98 Å². The van der Waals surface area contributed by atoms with Crippen LogP contribution in [-0.4, -0.2) is 56.1 Å². The lowest BCUT2D eigenvalue weighted by Gasteiger charge is -2.30. The van der Waals surface area contributed by atoms with E-state index in [1.807, 2.05) is 36.4 Å². The summed E-state index contributed by atoms with van der Waals surface area (Å²) in [4.78, 5) is 19.6.